The van der Waals surface area contributed by atoms with E-state index in [4.69, 9.17) is 4.74 Å². The number of aliphatic hydroxyl groups excluding tert-OH is 1. The predicted molar refractivity (Wildman–Crippen MR) is 158 cm³/mol. The van der Waals surface area contributed by atoms with Crippen LogP contribution in [0.15, 0.2) is 42.5 Å². The molecule has 4 aliphatic rings. The van der Waals surface area contributed by atoms with E-state index in [0.717, 1.165) is 29.7 Å². The van der Waals surface area contributed by atoms with Crippen molar-refractivity contribution in [2.24, 2.45) is 17.8 Å². The largest absolute Gasteiger partial charge is 0.394 e. The Morgan fingerprint density at radius 3 is 2.27 bits per heavy atom. The SMILES string of the molecule is CCCN1CC=C[C@@]2(CC)O[C@]34C=CCN(c5c(C)cccc5C)C(=O)C3N([C@@H](CO)[C@@H](C)CC)C(=O)[C@@H]4[C@H]2C1=O. The highest BCUT2D eigenvalue weighted by Gasteiger charge is 2.76. The lowest BCUT2D eigenvalue weighted by molar-refractivity contribution is -0.153. The molecule has 4 aliphatic heterocycles. The van der Waals surface area contributed by atoms with E-state index in [2.05, 4.69) is 0 Å². The third-order valence-corrected chi connectivity index (χ3v) is 10.0. The van der Waals surface area contributed by atoms with Gasteiger partial charge in [0.1, 0.15) is 11.6 Å². The Bertz CT molecular complexity index is 1260. The average Bonchev–Trinajstić information content (AvgIpc) is 3.25. The normalized spacial score (nSPS) is 32.5. The van der Waals surface area contributed by atoms with Gasteiger partial charge in [-0.1, -0.05) is 76.6 Å². The van der Waals surface area contributed by atoms with Gasteiger partial charge < -0.3 is 24.5 Å². The van der Waals surface area contributed by atoms with Crippen LogP contribution in [0.3, 0.4) is 0 Å². The number of ether oxygens (including phenoxy) is 1. The van der Waals surface area contributed by atoms with Crippen molar-refractivity contribution in [1.82, 2.24) is 9.80 Å². The maximum absolute atomic E-state index is 14.9. The maximum atomic E-state index is 14.9. The summed E-state index contributed by atoms with van der Waals surface area (Å²) < 4.78 is 7.09. The van der Waals surface area contributed by atoms with Gasteiger partial charge in [-0.15, -0.1) is 0 Å². The number of aryl methyl sites for hydroxylation is 2. The Hall–Kier alpha value is -2.97. The molecular formula is C33H45N3O5. The molecular weight excluding hydrogens is 518 g/mol. The fourth-order valence-electron chi connectivity index (χ4n) is 7.82. The number of anilines is 1. The highest BCUT2D eigenvalue weighted by atomic mass is 16.5. The first-order valence-electron chi connectivity index (χ1n) is 15.3. The van der Waals surface area contributed by atoms with Gasteiger partial charge in [0, 0.05) is 25.3 Å². The van der Waals surface area contributed by atoms with E-state index in [1.54, 1.807) is 9.80 Å². The average molecular weight is 564 g/mol. The summed E-state index contributed by atoms with van der Waals surface area (Å²) in [6.07, 6.45) is 9.79. The first-order chi connectivity index (χ1) is 19.6. The predicted octanol–water partition coefficient (Wildman–Crippen LogP) is 3.78. The molecule has 5 rings (SSSR count). The van der Waals surface area contributed by atoms with Crippen molar-refractivity contribution in [2.45, 2.75) is 84.1 Å². The van der Waals surface area contributed by atoms with Crippen LogP contribution in [0.1, 0.15) is 58.1 Å². The van der Waals surface area contributed by atoms with Gasteiger partial charge in [-0.25, -0.2) is 0 Å². The van der Waals surface area contributed by atoms with Crippen molar-refractivity contribution in [2.75, 3.05) is 31.1 Å². The Labute approximate surface area is 244 Å². The number of aliphatic hydroxyl groups is 1. The second-order valence-electron chi connectivity index (χ2n) is 12.3. The van der Waals surface area contributed by atoms with Crippen molar-refractivity contribution < 1.29 is 24.2 Å². The van der Waals surface area contributed by atoms with Gasteiger partial charge >= 0.3 is 0 Å². The topological polar surface area (TPSA) is 90.4 Å². The molecule has 1 aromatic rings. The van der Waals surface area contributed by atoms with Gasteiger partial charge in [-0.3, -0.25) is 14.4 Å². The summed E-state index contributed by atoms with van der Waals surface area (Å²) in [6.45, 7) is 13.1. The van der Waals surface area contributed by atoms with Crippen LogP contribution in [0.4, 0.5) is 5.69 Å². The van der Waals surface area contributed by atoms with E-state index < -0.39 is 35.1 Å². The van der Waals surface area contributed by atoms with Crippen molar-refractivity contribution in [3.8, 4) is 0 Å². The zero-order valence-electron chi connectivity index (χ0n) is 25.3. The highest BCUT2D eigenvalue weighted by molar-refractivity contribution is 6.06. The molecule has 3 amide bonds. The Balaban J connectivity index is 1.73. The number of rotatable bonds is 8. The minimum Gasteiger partial charge on any atom is -0.394 e. The van der Waals surface area contributed by atoms with Crippen molar-refractivity contribution in [3.05, 3.63) is 53.6 Å². The molecule has 1 spiro atoms. The summed E-state index contributed by atoms with van der Waals surface area (Å²) >= 11 is 0. The van der Waals surface area contributed by atoms with E-state index in [9.17, 15) is 19.5 Å². The van der Waals surface area contributed by atoms with Crippen LogP contribution < -0.4 is 4.90 Å². The standard InChI is InChI=1S/C33H45N3O5/c1-7-17-34-18-11-15-32(9-3)25(29(34)38)26-30(39)36(24(20-37)21(4)8-2)28-31(40)35(19-12-16-33(26,28)41-32)27-22(5)13-10-14-23(27)6/h10-16,21,24-26,28,37H,7-9,17-20H2,1-6H3/t21-,24-,25-,26-,28?,32+,33-/m0/s1. The Morgan fingerprint density at radius 2 is 1.66 bits per heavy atom. The van der Waals surface area contributed by atoms with Crippen LogP contribution in [0.2, 0.25) is 0 Å². The lowest BCUT2D eigenvalue weighted by atomic mass is 9.73. The molecule has 7 atom stereocenters. The molecule has 8 nitrogen and oxygen atoms in total. The molecule has 0 radical (unpaired) electrons. The fourth-order valence-corrected chi connectivity index (χ4v) is 7.82. The second kappa shape index (κ2) is 11.0. The number of likely N-dealkylation sites (tertiary alicyclic amines) is 1. The minimum absolute atomic E-state index is 0.0641. The van der Waals surface area contributed by atoms with E-state index in [1.807, 2.05) is 88.9 Å². The smallest absolute Gasteiger partial charge is 0.253 e. The van der Waals surface area contributed by atoms with Gasteiger partial charge in [-0.2, -0.15) is 0 Å². The molecule has 0 aliphatic carbocycles. The zero-order valence-corrected chi connectivity index (χ0v) is 25.3. The molecule has 0 bridgehead atoms. The van der Waals surface area contributed by atoms with Crippen molar-refractivity contribution in [3.63, 3.8) is 0 Å². The molecule has 1 aromatic carbocycles. The third-order valence-electron chi connectivity index (χ3n) is 10.0. The van der Waals surface area contributed by atoms with Crippen LogP contribution in [0, 0.1) is 31.6 Å². The molecule has 2 saturated heterocycles. The number of benzene rings is 1. The molecule has 1 N–H and O–H groups in total. The highest BCUT2D eigenvalue weighted by Crippen LogP contribution is 2.59. The van der Waals surface area contributed by atoms with Crippen LogP contribution >= 0.6 is 0 Å². The molecule has 8 heteroatoms. The van der Waals surface area contributed by atoms with Crippen LogP contribution in [-0.2, 0) is 19.1 Å². The van der Waals surface area contributed by atoms with E-state index in [0.29, 0.717) is 26.1 Å². The monoisotopic (exact) mass is 563 g/mol. The number of hydrogen-bond acceptors (Lipinski definition) is 5. The maximum Gasteiger partial charge on any atom is 0.253 e. The van der Waals surface area contributed by atoms with Gasteiger partial charge in [-0.05, 0) is 43.7 Å². The number of carbonyl (C=O) groups is 3. The summed E-state index contributed by atoms with van der Waals surface area (Å²) in [5.41, 5.74) is 0.407. The summed E-state index contributed by atoms with van der Waals surface area (Å²) in [4.78, 5) is 49.1. The number of hydrogen-bond donors (Lipinski definition) is 1. The first-order valence-corrected chi connectivity index (χ1v) is 15.3. The lowest BCUT2D eigenvalue weighted by Crippen LogP contribution is -2.60. The molecule has 222 valence electrons. The minimum atomic E-state index is -1.34. The summed E-state index contributed by atoms with van der Waals surface area (Å²) in [7, 11) is 0. The van der Waals surface area contributed by atoms with Crippen molar-refractivity contribution in [1.29, 1.82) is 0 Å². The summed E-state index contributed by atoms with van der Waals surface area (Å²) in [5.74, 6) is -2.33. The van der Waals surface area contributed by atoms with Crippen LogP contribution in [0.25, 0.3) is 0 Å². The van der Waals surface area contributed by atoms with Gasteiger partial charge in [0.05, 0.1) is 30.1 Å². The number of amides is 3. The van der Waals surface area contributed by atoms with Gasteiger partial charge in [0.25, 0.3) is 5.91 Å². The number of carbonyl (C=O) groups excluding carboxylic acids is 3. The molecule has 0 aromatic heterocycles. The fraction of sp³-hybridized carbons (Fsp3) is 0.606. The number of fused-ring (bicyclic) bond motifs is 2. The Kier molecular flexibility index (Phi) is 7.94. The Morgan fingerprint density at radius 1 is 0.976 bits per heavy atom. The number of nitrogens with zero attached hydrogens (tertiary/aromatic N) is 3. The molecule has 1 unspecified atom stereocenters. The summed E-state index contributed by atoms with van der Waals surface area (Å²) in [5, 5.41) is 10.7. The number of para-hydroxylation sites is 1. The van der Waals surface area contributed by atoms with Gasteiger partial charge in [0.15, 0.2) is 0 Å². The van der Waals surface area contributed by atoms with Gasteiger partial charge in [0.2, 0.25) is 11.8 Å². The lowest BCUT2D eigenvalue weighted by Gasteiger charge is -2.42. The third kappa shape index (κ3) is 4.28. The molecule has 41 heavy (non-hydrogen) atoms. The zero-order chi connectivity index (χ0) is 29.7. The quantitative estimate of drug-likeness (QED) is 0.487. The molecule has 2 fully saturated rings. The van der Waals surface area contributed by atoms with Crippen LogP contribution in [0.5, 0.6) is 0 Å². The van der Waals surface area contributed by atoms with E-state index in [-0.39, 0.29) is 30.2 Å². The van der Waals surface area contributed by atoms with E-state index in [1.165, 1.54) is 0 Å². The van der Waals surface area contributed by atoms with Crippen molar-refractivity contribution >= 4 is 23.4 Å². The molecule has 4 heterocycles. The van der Waals surface area contributed by atoms with Crippen LogP contribution in [-0.4, -0.2) is 82.2 Å². The molecule has 0 saturated carbocycles. The summed E-state index contributed by atoms with van der Waals surface area (Å²) in [6, 6.07) is 4.34. The van der Waals surface area contributed by atoms with E-state index >= 15 is 0 Å². The first kappa shape index (κ1) is 29.5. The second-order valence-corrected chi connectivity index (χ2v) is 12.3.